The summed E-state index contributed by atoms with van der Waals surface area (Å²) in [5.74, 6) is 0.312. The molecule has 1 aliphatic heterocycles. The summed E-state index contributed by atoms with van der Waals surface area (Å²) in [5, 5.41) is 13.0. The molecule has 0 saturated carbocycles. The Morgan fingerprint density at radius 2 is 1.86 bits per heavy atom. The van der Waals surface area contributed by atoms with Gasteiger partial charge in [0.25, 0.3) is 0 Å². The van der Waals surface area contributed by atoms with Crippen molar-refractivity contribution in [1.29, 1.82) is 0 Å². The predicted molar refractivity (Wildman–Crippen MR) is 131 cm³/mol. The molecular formula is C26H32N6O3. The van der Waals surface area contributed by atoms with Crippen LogP contribution in [0.5, 0.6) is 0 Å². The lowest BCUT2D eigenvalue weighted by Gasteiger charge is -2.31. The van der Waals surface area contributed by atoms with E-state index in [4.69, 9.17) is 0 Å². The van der Waals surface area contributed by atoms with E-state index in [0.29, 0.717) is 18.8 Å². The third-order valence-corrected chi connectivity index (χ3v) is 6.41. The first-order valence-electron chi connectivity index (χ1n) is 12.0. The number of hydrogen-bond acceptors (Lipinski definition) is 6. The van der Waals surface area contributed by atoms with Crippen LogP contribution in [0.3, 0.4) is 0 Å². The average molecular weight is 477 g/mol. The molecule has 1 aliphatic rings. The van der Waals surface area contributed by atoms with E-state index in [0.717, 1.165) is 23.2 Å². The summed E-state index contributed by atoms with van der Waals surface area (Å²) in [7, 11) is 0. The molecule has 3 atom stereocenters. The van der Waals surface area contributed by atoms with E-state index in [9.17, 15) is 14.7 Å². The lowest BCUT2D eigenvalue weighted by molar-refractivity contribution is -0.142. The van der Waals surface area contributed by atoms with Gasteiger partial charge in [-0.2, -0.15) is 0 Å². The van der Waals surface area contributed by atoms with Crippen LogP contribution in [0.2, 0.25) is 0 Å². The quantitative estimate of drug-likeness (QED) is 0.517. The highest BCUT2D eigenvalue weighted by molar-refractivity contribution is 5.90. The maximum Gasteiger partial charge on any atom is 0.246 e. The number of hydrogen-bond donors (Lipinski definition) is 2. The van der Waals surface area contributed by atoms with Crippen LogP contribution in [0.4, 0.5) is 0 Å². The number of nitrogens with one attached hydrogen (secondary N) is 1. The van der Waals surface area contributed by atoms with Gasteiger partial charge < -0.3 is 19.9 Å². The van der Waals surface area contributed by atoms with Crippen LogP contribution in [0, 0.1) is 12.8 Å². The molecule has 0 radical (unpaired) electrons. The first kappa shape index (κ1) is 24.5. The van der Waals surface area contributed by atoms with Crippen LogP contribution < -0.4 is 5.32 Å². The Kier molecular flexibility index (Phi) is 7.55. The Labute approximate surface area is 205 Å². The van der Waals surface area contributed by atoms with Crippen molar-refractivity contribution in [2.24, 2.45) is 5.92 Å². The molecule has 1 fully saturated rings. The van der Waals surface area contributed by atoms with E-state index in [1.165, 1.54) is 0 Å². The van der Waals surface area contributed by atoms with Crippen molar-refractivity contribution in [3.63, 3.8) is 0 Å². The van der Waals surface area contributed by atoms with Crippen LogP contribution in [0.1, 0.15) is 50.0 Å². The third kappa shape index (κ3) is 5.40. The van der Waals surface area contributed by atoms with Crippen molar-refractivity contribution in [3.8, 4) is 11.4 Å². The minimum Gasteiger partial charge on any atom is -0.394 e. The maximum atomic E-state index is 13.5. The van der Waals surface area contributed by atoms with Crippen LogP contribution in [0.15, 0.2) is 55.2 Å². The molecule has 2 aromatic heterocycles. The molecule has 4 rings (SSSR count). The van der Waals surface area contributed by atoms with Gasteiger partial charge in [-0.25, -0.2) is 15.0 Å². The van der Waals surface area contributed by atoms with Crippen LogP contribution >= 0.6 is 0 Å². The Bertz CT molecular complexity index is 1150. The second-order valence-electron chi connectivity index (χ2n) is 9.28. The summed E-state index contributed by atoms with van der Waals surface area (Å²) in [6, 6.07) is 7.61. The van der Waals surface area contributed by atoms with Crippen molar-refractivity contribution >= 4 is 11.8 Å². The number of imidazole rings is 1. The largest absolute Gasteiger partial charge is 0.394 e. The van der Waals surface area contributed by atoms with Gasteiger partial charge in [0.1, 0.15) is 12.1 Å². The van der Waals surface area contributed by atoms with E-state index >= 15 is 0 Å². The minimum atomic E-state index is -0.581. The highest BCUT2D eigenvalue weighted by Crippen LogP contribution is 2.27. The molecule has 3 aromatic rings. The number of aliphatic hydroxyl groups excluding tert-OH is 1. The normalized spacial score (nSPS) is 17.4. The van der Waals surface area contributed by atoms with Gasteiger partial charge in [-0.1, -0.05) is 38.1 Å². The molecule has 9 heteroatoms. The predicted octanol–water partition coefficient (Wildman–Crippen LogP) is 2.69. The van der Waals surface area contributed by atoms with E-state index in [2.05, 4.69) is 20.3 Å². The molecule has 9 nitrogen and oxygen atoms in total. The van der Waals surface area contributed by atoms with Crippen molar-refractivity contribution in [1.82, 2.24) is 29.7 Å². The molecule has 3 heterocycles. The zero-order valence-corrected chi connectivity index (χ0v) is 20.3. The van der Waals surface area contributed by atoms with Crippen molar-refractivity contribution in [2.75, 3.05) is 13.2 Å². The molecular weight excluding hydrogens is 444 g/mol. The lowest BCUT2D eigenvalue weighted by atomic mass is 10.0. The summed E-state index contributed by atoms with van der Waals surface area (Å²) in [5.41, 5.74) is 2.46. The number of rotatable bonds is 8. The van der Waals surface area contributed by atoms with Crippen molar-refractivity contribution in [3.05, 3.63) is 66.5 Å². The standard InChI is InChI=1S/C26H32N6O3/c1-17(2)23(31-14-18(3)29-16-31)26(35)32-13-4-6-22(32)25(34)30-21(15-33)19-7-9-20(10-8-19)24-27-11-5-12-28-24/h5,7-12,14,16-17,21-23,33H,4,6,13,15H2,1-3H3,(H,30,34)/t21-,22-,23-/m0/s1. The number of amides is 2. The molecule has 0 unspecified atom stereocenters. The van der Waals surface area contributed by atoms with E-state index in [1.807, 2.05) is 55.8 Å². The summed E-state index contributed by atoms with van der Waals surface area (Å²) in [6.45, 7) is 6.16. The molecule has 1 aromatic carbocycles. The highest BCUT2D eigenvalue weighted by atomic mass is 16.3. The SMILES string of the molecule is Cc1cn([C@H](C(=O)N2CCC[C@H]2C(=O)N[C@@H](CO)c2ccc(-c3ncccn3)cc2)C(C)C)cn1. The van der Waals surface area contributed by atoms with Crippen LogP contribution in [-0.2, 0) is 9.59 Å². The fourth-order valence-corrected chi connectivity index (χ4v) is 4.64. The molecule has 0 spiro atoms. The summed E-state index contributed by atoms with van der Waals surface area (Å²) < 4.78 is 1.84. The fraction of sp³-hybridized carbons (Fsp3) is 0.423. The maximum absolute atomic E-state index is 13.5. The number of aromatic nitrogens is 4. The van der Waals surface area contributed by atoms with Gasteiger partial charge in [-0.05, 0) is 37.3 Å². The second kappa shape index (κ2) is 10.8. The molecule has 35 heavy (non-hydrogen) atoms. The first-order valence-corrected chi connectivity index (χ1v) is 12.0. The third-order valence-electron chi connectivity index (χ3n) is 6.41. The van der Waals surface area contributed by atoms with Gasteiger partial charge in [-0.15, -0.1) is 0 Å². The summed E-state index contributed by atoms with van der Waals surface area (Å²) in [6.07, 6.45) is 8.24. The molecule has 2 amide bonds. The summed E-state index contributed by atoms with van der Waals surface area (Å²) in [4.78, 5) is 41.3. The van der Waals surface area contributed by atoms with E-state index in [1.54, 1.807) is 29.7 Å². The molecule has 1 saturated heterocycles. The number of benzene rings is 1. The highest BCUT2D eigenvalue weighted by Gasteiger charge is 2.39. The number of carbonyl (C=O) groups excluding carboxylic acids is 2. The number of likely N-dealkylation sites (tertiary alicyclic amines) is 1. The van der Waals surface area contributed by atoms with Gasteiger partial charge in [-0.3, -0.25) is 9.59 Å². The Morgan fingerprint density at radius 1 is 1.14 bits per heavy atom. The van der Waals surface area contributed by atoms with E-state index < -0.39 is 18.1 Å². The fourth-order valence-electron chi connectivity index (χ4n) is 4.64. The zero-order chi connectivity index (χ0) is 24.9. The Balaban J connectivity index is 1.47. The second-order valence-corrected chi connectivity index (χ2v) is 9.28. The summed E-state index contributed by atoms with van der Waals surface area (Å²) >= 11 is 0. The van der Waals surface area contributed by atoms with Gasteiger partial charge in [0.05, 0.1) is 24.7 Å². The molecule has 0 aliphatic carbocycles. The van der Waals surface area contributed by atoms with E-state index in [-0.39, 0.29) is 24.3 Å². The average Bonchev–Trinajstić information content (AvgIpc) is 3.52. The minimum absolute atomic E-state index is 0.0395. The number of carbonyl (C=O) groups is 2. The van der Waals surface area contributed by atoms with Gasteiger partial charge in [0, 0.05) is 30.7 Å². The van der Waals surface area contributed by atoms with Crippen molar-refractivity contribution in [2.45, 2.75) is 51.7 Å². The van der Waals surface area contributed by atoms with Crippen LogP contribution in [0.25, 0.3) is 11.4 Å². The van der Waals surface area contributed by atoms with Gasteiger partial charge >= 0.3 is 0 Å². The number of aryl methyl sites for hydroxylation is 1. The molecule has 184 valence electrons. The Morgan fingerprint density at radius 3 is 2.46 bits per heavy atom. The monoisotopic (exact) mass is 476 g/mol. The molecule has 0 bridgehead atoms. The smallest absolute Gasteiger partial charge is 0.246 e. The first-order chi connectivity index (χ1) is 16.9. The van der Waals surface area contributed by atoms with Crippen LogP contribution in [-0.4, -0.2) is 60.5 Å². The zero-order valence-electron chi connectivity index (χ0n) is 20.3. The molecule has 2 N–H and O–H groups in total. The van der Waals surface area contributed by atoms with Crippen molar-refractivity contribution < 1.29 is 14.7 Å². The van der Waals surface area contributed by atoms with Gasteiger partial charge in [0.15, 0.2) is 5.82 Å². The Hall–Kier alpha value is -3.59. The number of nitrogens with zero attached hydrogens (tertiary/aromatic N) is 5. The number of aliphatic hydroxyl groups is 1. The topological polar surface area (TPSA) is 113 Å². The lowest BCUT2D eigenvalue weighted by Crippen LogP contribution is -2.49. The van der Waals surface area contributed by atoms with Gasteiger partial charge in [0.2, 0.25) is 11.8 Å².